The number of aliphatic hydroxyl groups excluding tert-OH is 1. The van der Waals surface area contributed by atoms with Crippen LogP contribution in [0.1, 0.15) is 36.5 Å². The molecule has 0 radical (unpaired) electrons. The fourth-order valence-corrected chi connectivity index (χ4v) is 6.72. The molecule has 0 bridgehead atoms. The lowest BCUT2D eigenvalue weighted by Crippen LogP contribution is -2.60. The van der Waals surface area contributed by atoms with E-state index >= 15 is 0 Å². The van der Waals surface area contributed by atoms with Gasteiger partial charge in [-0.2, -0.15) is 0 Å². The van der Waals surface area contributed by atoms with E-state index in [1.807, 2.05) is 24.3 Å². The molecule has 0 aromatic heterocycles. The number of ether oxygens (including phenoxy) is 4. The largest absolute Gasteiger partial charge is 0.388 e. The van der Waals surface area contributed by atoms with Crippen molar-refractivity contribution in [2.75, 3.05) is 6.61 Å². The summed E-state index contributed by atoms with van der Waals surface area (Å²) in [7, 11) is 0. The topological polar surface area (TPSA) is 57.2 Å². The summed E-state index contributed by atoms with van der Waals surface area (Å²) in [5.74, 6) is 0. The molecule has 1 N–H and O–H groups in total. The first-order chi connectivity index (χ1) is 23.1. The summed E-state index contributed by atoms with van der Waals surface area (Å²) in [6, 6.07) is 44.1. The number of fused-ring (bicyclic) bond motifs is 3. The normalized spacial score (nSPS) is 21.4. The fraction of sp³-hybridized carbons (Fsp3) is 0.286. The first kappa shape index (κ1) is 31.5. The first-order valence-corrected chi connectivity index (χ1v) is 16.7. The van der Waals surface area contributed by atoms with E-state index in [0.29, 0.717) is 26.4 Å². The van der Waals surface area contributed by atoms with Crippen molar-refractivity contribution in [3.05, 3.63) is 144 Å². The van der Waals surface area contributed by atoms with Crippen LogP contribution >= 0.6 is 0 Å². The quantitative estimate of drug-likeness (QED) is 0.147. The van der Waals surface area contributed by atoms with Crippen LogP contribution in [-0.2, 0) is 38.8 Å². The molecule has 0 spiro atoms. The van der Waals surface area contributed by atoms with Gasteiger partial charge in [0.1, 0.15) is 24.4 Å². The van der Waals surface area contributed by atoms with Crippen LogP contribution in [0.3, 0.4) is 0 Å². The van der Waals surface area contributed by atoms with Gasteiger partial charge in [0.05, 0.1) is 32.5 Å². The van der Waals surface area contributed by atoms with Crippen molar-refractivity contribution in [3.8, 4) is 0 Å². The molecule has 1 aliphatic rings. The summed E-state index contributed by atoms with van der Waals surface area (Å²) in [5.41, 5.74) is 3.20. The van der Waals surface area contributed by atoms with Crippen LogP contribution in [0.5, 0.6) is 0 Å². The van der Waals surface area contributed by atoms with Crippen LogP contribution in [-0.4, -0.2) is 42.2 Å². The summed E-state index contributed by atoms with van der Waals surface area (Å²) in [6.45, 7) is 3.59. The Morgan fingerprint density at radius 1 is 0.532 bits per heavy atom. The molecule has 240 valence electrons. The maximum atomic E-state index is 11.7. The lowest BCUT2D eigenvalue weighted by molar-refractivity contribution is -0.262. The Bertz CT molecular complexity index is 1940. The van der Waals surface area contributed by atoms with Crippen LogP contribution in [0.4, 0.5) is 0 Å². The molecule has 1 fully saturated rings. The highest BCUT2D eigenvalue weighted by atomic mass is 16.6. The van der Waals surface area contributed by atoms with E-state index in [1.54, 1.807) is 0 Å². The Labute approximate surface area is 276 Å². The molecule has 1 saturated heterocycles. The van der Waals surface area contributed by atoms with Crippen molar-refractivity contribution in [2.45, 2.75) is 70.1 Å². The van der Waals surface area contributed by atoms with E-state index in [-0.39, 0.29) is 6.10 Å². The third-order valence-corrected chi connectivity index (χ3v) is 9.21. The number of rotatable bonds is 12. The SMILES string of the molecule is CCC[C@@H]1O[C@H](COCc2ccc3ccccc3c2)[C@@H](OCc2ccc3ccccc3c2)[C@H](OCc2ccc3ccccc3c2)[C@H]1O. The average Bonchev–Trinajstić information content (AvgIpc) is 3.11. The van der Waals surface area contributed by atoms with Crippen LogP contribution in [0, 0.1) is 0 Å². The highest BCUT2D eigenvalue weighted by Gasteiger charge is 2.46. The van der Waals surface area contributed by atoms with E-state index in [0.717, 1.165) is 40.3 Å². The molecule has 7 rings (SSSR count). The minimum absolute atomic E-state index is 0.317. The number of aliphatic hydroxyl groups is 1. The summed E-state index contributed by atoms with van der Waals surface area (Å²) < 4.78 is 26.2. The maximum absolute atomic E-state index is 11.7. The molecular formula is C42H42O5. The molecule has 0 amide bonds. The van der Waals surface area contributed by atoms with Gasteiger partial charge >= 0.3 is 0 Å². The van der Waals surface area contributed by atoms with Gasteiger partial charge in [0, 0.05) is 0 Å². The summed E-state index contributed by atoms with van der Waals surface area (Å²) >= 11 is 0. The second kappa shape index (κ2) is 14.8. The Hall–Kier alpha value is -4.10. The highest BCUT2D eigenvalue weighted by molar-refractivity contribution is 5.84. The van der Waals surface area contributed by atoms with Crippen LogP contribution in [0.15, 0.2) is 127 Å². The van der Waals surface area contributed by atoms with E-state index in [4.69, 9.17) is 18.9 Å². The summed E-state index contributed by atoms with van der Waals surface area (Å²) in [5, 5.41) is 18.8. The fourth-order valence-electron chi connectivity index (χ4n) is 6.72. The van der Waals surface area contributed by atoms with Crippen molar-refractivity contribution in [1.82, 2.24) is 0 Å². The van der Waals surface area contributed by atoms with Gasteiger partial charge in [-0.3, -0.25) is 0 Å². The summed E-state index contributed by atoms with van der Waals surface area (Å²) in [4.78, 5) is 0. The van der Waals surface area contributed by atoms with E-state index in [2.05, 4.69) is 110 Å². The lowest BCUT2D eigenvalue weighted by atomic mass is 9.92. The number of benzene rings is 6. The Kier molecular flexibility index (Phi) is 9.89. The minimum atomic E-state index is -0.839. The standard InChI is InChI=1S/C42H42O5/c1-2-9-38-40(43)42(46-27-31-18-21-34-12-5-8-15-37(34)24-31)41(45-26-30-17-20-33-11-4-7-14-36(33)23-30)39(47-38)28-44-25-29-16-19-32-10-3-6-13-35(32)22-29/h3-8,10-24,38-43H,2,9,25-28H2,1H3/t38-,39+,40-,41+,42+/m0/s1. The molecule has 0 aliphatic carbocycles. The zero-order valence-electron chi connectivity index (χ0n) is 26.8. The smallest absolute Gasteiger partial charge is 0.115 e. The second-order valence-electron chi connectivity index (χ2n) is 12.6. The second-order valence-corrected chi connectivity index (χ2v) is 12.6. The van der Waals surface area contributed by atoms with Gasteiger partial charge in [0.15, 0.2) is 0 Å². The van der Waals surface area contributed by atoms with Crippen molar-refractivity contribution in [1.29, 1.82) is 0 Å². The van der Waals surface area contributed by atoms with Gasteiger partial charge < -0.3 is 24.1 Å². The monoisotopic (exact) mass is 626 g/mol. The predicted octanol–water partition coefficient (Wildman–Crippen LogP) is 8.76. The van der Waals surface area contributed by atoms with Gasteiger partial charge in [-0.05, 0) is 73.6 Å². The van der Waals surface area contributed by atoms with E-state index in [1.165, 1.54) is 21.5 Å². The van der Waals surface area contributed by atoms with Gasteiger partial charge in [-0.1, -0.05) is 123 Å². The molecule has 6 aromatic carbocycles. The third-order valence-electron chi connectivity index (χ3n) is 9.21. The molecule has 1 aliphatic heterocycles. The zero-order chi connectivity index (χ0) is 32.0. The number of hydrogen-bond acceptors (Lipinski definition) is 5. The molecule has 5 heteroatoms. The highest BCUT2D eigenvalue weighted by Crippen LogP contribution is 2.31. The molecule has 1 heterocycles. The first-order valence-electron chi connectivity index (χ1n) is 16.7. The molecule has 5 atom stereocenters. The van der Waals surface area contributed by atoms with Crippen molar-refractivity contribution >= 4 is 32.3 Å². The van der Waals surface area contributed by atoms with Crippen molar-refractivity contribution < 1.29 is 24.1 Å². The molecule has 0 saturated carbocycles. The van der Waals surface area contributed by atoms with Crippen LogP contribution in [0.2, 0.25) is 0 Å². The molecule has 0 unspecified atom stereocenters. The van der Waals surface area contributed by atoms with Gasteiger partial charge in [-0.25, -0.2) is 0 Å². The van der Waals surface area contributed by atoms with Crippen LogP contribution in [0.25, 0.3) is 32.3 Å². The van der Waals surface area contributed by atoms with E-state index in [9.17, 15) is 5.11 Å². The Morgan fingerprint density at radius 2 is 0.979 bits per heavy atom. The minimum Gasteiger partial charge on any atom is -0.388 e. The van der Waals surface area contributed by atoms with E-state index < -0.39 is 24.4 Å². The third kappa shape index (κ3) is 7.41. The lowest BCUT2D eigenvalue weighted by Gasteiger charge is -2.44. The van der Waals surface area contributed by atoms with Crippen molar-refractivity contribution in [2.24, 2.45) is 0 Å². The Balaban J connectivity index is 1.12. The number of hydrogen-bond donors (Lipinski definition) is 1. The average molecular weight is 627 g/mol. The maximum Gasteiger partial charge on any atom is 0.115 e. The predicted molar refractivity (Wildman–Crippen MR) is 188 cm³/mol. The molecule has 5 nitrogen and oxygen atoms in total. The zero-order valence-corrected chi connectivity index (χ0v) is 26.8. The van der Waals surface area contributed by atoms with Crippen LogP contribution < -0.4 is 0 Å². The molecule has 6 aromatic rings. The van der Waals surface area contributed by atoms with Crippen molar-refractivity contribution in [3.63, 3.8) is 0 Å². The summed E-state index contributed by atoms with van der Waals surface area (Å²) in [6.07, 6.45) is -1.17. The molecular weight excluding hydrogens is 584 g/mol. The Morgan fingerprint density at radius 3 is 1.47 bits per heavy atom. The van der Waals surface area contributed by atoms with Gasteiger partial charge in [0.25, 0.3) is 0 Å². The van der Waals surface area contributed by atoms with Gasteiger partial charge in [0.2, 0.25) is 0 Å². The molecule has 47 heavy (non-hydrogen) atoms. The van der Waals surface area contributed by atoms with Gasteiger partial charge in [-0.15, -0.1) is 0 Å².